The number of halogens is 6. The summed E-state index contributed by atoms with van der Waals surface area (Å²) in [6.07, 6.45) is -10.3. The van der Waals surface area contributed by atoms with Crippen LogP contribution < -0.4 is 20.7 Å². The predicted molar refractivity (Wildman–Crippen MR) is 118 cm³/mol. The molecule has 1 aliphatic heterocycles. The second-order valence-electron chi connectivity index (χ2n) is 7.69. The molecule has 3 rings (SSSR count). The number of rotatable bonds is 8. The Labute approximate surface area is 206 Å². The van der Waals surface area contributed by atoms with Crippen LogP contribution in [0.1, 0.15) is 11.1 Å². The molecule has 0 aliphatic carbocycles. The third-order valence-corrected chi connectivity index (χ3v) is 4.87. The second-order valence-corrected chi connectivity index (χ2v) is 7.69. The summed E-state index contributed by atoms with van der Waals surface area (Å²) in [7, 11) is 0. The number of amides is 3. The van der Waals surface area contributed by atoms with Crippen molar-refractivity contribution in [1.29, 1.82) is 0 Å². The fourth-order valence-corrected chi connectivity index (χ4v) is 3.31. The number of hydrogen-bond acceptors (Lipinski definition) is 6. The molecule has 3 amide bonds. The van der Waals surface area contributed by atoms with Crippen molar-refractivity contribution < 1.29 is 45.8 Å². The van der Waals surface area contributed by atoms with Crippen molar-refractivity contribution in [2.75, 3.05) is 25.0 Å². The largest absolute Gasteiger partial charge is 0.573 e. The third-order valence-electron chi connectivity index (χ3n) is 4.87. The van der Waals surface area contributed by atoms with E-state index in [-0.39, 0.29) is 37.8 Å². The lowest BCUT2D eigenvalue weighted by molar-refractivity contribution is -0.274. The number of nitrogens with one attached hydrogen (secondary N) is 3. The van der Waals surface area contributed by atoms with E-state index >= 15 is 0 Å². The summed E-state index contributed by atoms with van der Waals surface area (Å²) < 4.78 is 79.0. The molecule has 9 nitrogen and oxygen atoms in total. The van der Waals surface area contributed by atoms with Crippen LogP contribution in [0, 0.1) is 0 Å². The maximum Gasteiger partial charge on any atom is 0.573 e. The lowest BCUT2D eigenvalue weighted by Crippen LogP contribution is -2.43. The van der Waals surface area contributed by atoms with E-state index in [9.17, 15) is 35.9 Å². The molecule has 0 fully saturated rings. The maximum atomic E-state index is 12.8. The van der Waals surface area contributed by atoms with Gasteiger partial charge in [-0.2, -0.15) is 13.2 Å². The predicted octanol–water partition coefficient (Wildman–Crippen LogP) is 3.07. The van der Waals surface area contributed by atoms with Crippen molar-refractivity contribution in [3.8, 4) is 5.75 Å². The maximum absolute atomic E-state index is 12.8. The lowest BCUT2D eigenvalue weighted by atomic mass is 10.1. The highest BCUT2D eigenvalue weighted by Crippen LogP contribution is 2.29. The first kappa shape index (κ1) is 27.6. The molecule has 1 aliphatic rings. The number of carbonyl (C=O) groups is 2. The molecule has 1 heterocycles. The van der Waals surface area contributed by atoms with Crippen molar-refractivity contribution in [1.82, 2.24) is 15.5 Å². The Morgan fingerprint density at radius 3 is 2.24 bits per heavy atom. The summed E-state index contributed by atoms with van der Waals surface area (Å²) in [5.41, 5.74) is -0.236. The number of urea groups is 1. The first-order valence-corrected chi connectivity index (χ1v) is 10.7. The monoisotopic (exact) mass is 533 g/mol. The first-order valence-electron chi connectivity index (χ1n) is 10.7. The topological polar surface area (TPSA) is 115 Å². The summed E-state index contributed by atoms with van der Waals surface area (Å²) in [6.45, 7) is -0.411. The summed E-state index contributed by atoms with van der Waals surface area (Å²) in [5.74, 6) is -1.24. The number of nitrogens with zero attached hydrogens (tertiary/aromatic N) is 2. The number of benzene rings is 2. The van der Waals surface area contributed by atoms with Crippen LogP contribution in [0.4, 0.5) is 36.8 Å². The fourth-order valence-electron chi connectivity index (χ4n) is 3.31. The van der Waals surface area contributed by atoms with Crippen LogP contribution in [0.5, 0.6) is 5.75 Å². The van der Waals surface area contributed by atoms with Gasteiger partial charge >= 0.3 is 18.6 Å². The molecule has 0 saturated heterocycles. The molecular formula is C22H21F6N5O4. The molecule has 0 bridgehead atoms. The smallest absolute Gasteiger partial charge is 0.406 e. The number of alkyl halides is 6. The minimum absolute atomic E-state index is 0.00395. The molecule has 2 aromatic carbocycles. The van der Waals surface area contributed by atoms with E-state index in [1.165, 1.54) is 29.2 Å². The Bertz CT molecular complexity index is 1120. The average molecular weight is 533 g/mol. The molecule has 0 aromatic heterocycles. The van der Waals surface area contributed by atoms with Crippen molar-refractivity contribution in [2.24, 2.45) is 4.99 Å². The average Bonchev–Trinajstić information content (AvgIpc) is 3.19. The highest BCUT2D eigenvalue weighted by atomic mass is 19.4. The van der Waals surface area contributed by atoms with Gasteiger partial charge in [-0.25, -0.2) is 9.79 Å². The molecule has 4 N–H and O–H groups in total. The van der Waals surface area contributed by atoms with E-state index in [0.29, 0.717) is 5.56 Å². The van der Waals surface area contributed by atoms with Gasteiger partial charge in [0.25, 0.3) is 5.91 Å². The number of anilines is 1. The molecule has 15 heteroatoms. The van der Waals surface area contributed by atoms with E-state index < -0.39 is 42.0 Å². The number of ether oxygens (including phenoxy) is 1. The van der Waals surface area contributed by atoms with Crippen LogP contribution in [-0.4, -0.2) is 60.0 Å². The van der Waals surface area contributed by atoms with Gasteiger partial charge in [0.05, 0.1) is 18.7 Å². The zero-order valence-electron chi connectivity index (χ0n) is 18.9. The normalized spacial score (nSPS) is 15.7. The standard InChI is InChI=1S/C22H21F6N5O4/c23-21(24,25)14-3-1-13(2-4-14)11-33-12-17(31-18(33)19(35)29-9-10-34)32-20(36)30-15-5-7-16(8-6-15)37-22(26,27)28/h1-8,17,34H,9-12H2,(H,29,35)(H2,30,32,36). The van der Waals surface area contributed by atoms with Gasteiger partial charge in [0.2, 0.25) is 0 Å². The van der Waals surface area contributed by atoms with Crippen molar-refractivity contribution >= 4 is 23.5 Å². The fraction of sp³-hybridized carbons (Fsp3) is 0.318. The van der Waals surface area contributed by atoms with E-state index in [1.807, 2.05) is 0 Å². The van der Waals surface area contributed by atoms with Crippen molar-refractivity contribution in [3.63, 3.8) is 0 Å². The summed E-state index contributed by atoms with van der Waals surface area (Å²) in [6, 6.07) is 7.93. The number of aliphatic imine (C=N–C) groups is 1. The number of aliphatic hydroxyl groups is 1. The zero-order valence-corrected chi connectivity index (χ0v) is 18.9. The first-order chi connectivity index (χ1) is 17.3. The minimum atomic E-state index is -4.86. The number of aliphatic hydroxyl groups excluding tert-OH is 1. The second kappa shape index (κ2) is 11.4. The summed E-state index contributed by atoms with van der Waals surface area (Å²) in [5, 5.41) is 16.3. The van der Waals surface area contributed by atoms with Crippen LogP contribution in [0.25, 0.3) is 0 Å². The van der Waals surface area contributed by atoms with Gasteiger partial charge in [-0.1, -0.05) is 12.1 Å². The van der Waals surface area contributed by atoms with Gasteiger partial charge < -0.3 is 30.7 Å². The van der Waals surface area contributed by atoms with Gasteiger partial charge in [-0.05, 0) is 42.0 Å². The Morgan fingerprint density at radius 2 is 1.68 bits per heavy atom. The molecule has 1 atom stereocenters. The Hall–Kier alpha value is -4.01. The van der Waals surface area contributed by atoms with Gasteiger partial charge in [-0.15, -0.1) is 13.2 Å². The minimum Gasteiger partial charge on any atom is -0.406 e. The highest BCUT2D eigenvalue weighted by molar-refractivity contribution is 6.38. The summed E-state index contributed by atoms with van der Waals surface area (Å²) in [4.78, 5) is 30.5. The number of amidine groups is 1. The van der Waals surface area contributed by atoms with E-state index in [2.05, 4.69) is 25.7 Å². The SMILES string of the molecule is O=C(Nc1ccc(OC(F)(F)F)cc1)NC1CN(Cc2ccc(C(F)(F)F)cc2)C(C(=O)NCCO)=N1. The molecule has 2 aromatic rings. The Balaban J connectivity index is 1.65. The quantitative estimate of drug-likeness (QED) is 0.390. The van der Waals surface area contributed by atoms with Crippen LogP contribution in [-0.2, 0) is 17.5 Å². The van der Waals surface area contributed by atoms with Crippen LogP contribution in [0.2, 0.25) is 0 Å². The molecular weight excluding hydrogens is 512 g/mol. The van der Waals surface area contributed by atoms with Crippen LogP contribution in [0.15, 0.2) is 53.5 Å². The van der Waals surface area contributed by atoms with E-state index in [1.54, 1.807) is 0 Å². The molecule has 1 unspecified atom stereocenters. The van der Waals surface area contributed by atoms with Gasteiger partial charge in [0.1, 0.15) is 11.9 Å². The Kier molecular flexibility index (Phi) is 8.47. The van der Waals surface area contributed by atoms with E-state index in [4.69, 9.17) is 5.11 Å². The van der Waals surface area contributed by atoms with Gasteiger partial charge in [0, 0.05) is 18.8 Å². The molecule has 0 saturated carbocycles. The zero-order chi connectivity index (χ0) is 27.2. The molecule has 0 radical (unpaired) electrons. The molecule has 200 valence electrons. The van der Waals surface area contributed by atoms with Crippen LogP contribution >= 0.6 is 0 Å². The van der Waals surface area contributed by atoms with Gasteiger partial charge in [0.15, 0.2) is 5.84 Å². The third kappa shape index (κ3) is 8.27. The number of carbonyl (C=O) groups excluding carboxylic acids is 2. The van der Waals surface area contributed by atoms with Crippen molar-refractivity contribution in [3.05, 3.63) is 59.7 Å². The Morgan fingerprint density at radius 1 is 1.03 bits per heavy atom. The number of hydrogen-bond donors (Lipinski definition) is 4. The lowest BCUT2D eigenvalue weighted by Gasteiger charge is -2.21. The molecule has 0 spiro atoms. The van der Waals surface area contributed by atoms with Crippen LogP contribution in [0.3, 0.4) is 0 Å². The molecule has 37 heavy (non-hydrogen) atoms. The summed E-state index contributed by atoms with van der Waals surface area (Å²) >= 11 is 0. The van der Waals surface area contributed by atoms with Gasteiger partial charge in [-0.3, -0.25) is 4.79 Å². The highest BCUT2D eigenvalue weighted by Gasteiger charge is 2.33. The van der Waals surface area contributed by atoms with E-state index in [0.717, 1.165) is 24.3 Å². The van der Waals surface area contributed by atoms with Crippen molar-refractivity contribution in [2.45, 2.75) is 25.2 Å².